The molecule has 9 rings (SSSR count). The number of anilines is 2. The van der Waals surface area contributed by atoms with Crippen LogP contribution in [0.15, 0.2) is 195 Å². The number of para-hydroxylation sites is 2. The third-order valence-corrected chi connectivity index (χ3v) is 13.7. The van der Waals surface area contributed by atoms with E-state index in [-0.39, 0.29) is 17.7 Å². The summed E-state index contributed by atoms with van der Waals surface area (Å²) >= 11 is 2.02. The fourth-order valence-corrected chi connectivity index (χ4v) is 10.5. The summed E-state index contributed by atoms with van der Waals surface area (Å²) in [6.07, 6.45) is 12.7. The number of allylic oxidation sites excluding steroid dienone is 2. The Morgan fingerprint density at radius 3 is 1.60 bits per heavy atom. The van der Waals surface area contributed by atoms with Crippen molar-refractivity contribution in [3.63, 3.8) is 0 Å². The first-order chi connectivity index (χ1) is 31.8. The zero-order valence-electron chi connectivity index (χ0n) is 36.9. The summed E-state index contributed by atoms with van der Waals surface area (Å²) in [6, 6.07) is 54.8. The van der Waals surface area contributed by atoms with Gasteiger partial charge in [0.15, 0.2) is 0 Å². The standard InChI is InChI=1S/C22H27N4P.C16H16FN.C10H9F.C6H7N.ClH.Rh/c1-23-12-13-24-14-15-25-16-17-26(22(25)18-21(23)24)27(19-8-4-2-5-9-19)20-10-6-3-7-11-20;1-13(18-16-5-3-2-4-6-16)7-8-14-9-11-15(17)12-10-14;1-2-3-4-9-5-7-10(11)8-6-9;7-6-4-2-1-3-5-6;;/h2-11,18,21-22H,1,12-17H2;2-13,18H,1H3;2-8H,1H2;1-5H,7H2;1H;/q-2;;;;;+3/b;8-7+;4-3+;;;. The van der Waals surface area contributed by atoms with Gasteiger partial charge in [0.2, 0.25) is 0 Å². The second kappa shape index (κ2) is 28.3. The van der Waals surface area contributed by atoms with Crippen molar-refractivity contribution in [2.75, 3.05) is 50.3 Å². The second-order valence-corrected chi connectivity index (χ2v) is 17.9. The van der Waals surface area contributed by atoms with Gasteiger partial charge in [-0.1, -0.05) is 140 Å². The Labute approximate surface area is 401 Å². The summed E-state index contributed by atoms with van der Waals surface area (Å²) in [5.41, 5.74) is 9.25. The minimum absolute atomic E-state index is 0.206. The van der Waals surface area contributed by atoms with E-state index in [9.17, 15) is 8.78 Å². The zero-order valence-corrected chi connectivity index (χ0v) is 40.2. The number of halogens is 3. The fraction of sp³-hybridized carbons (Fsp3) is 0.185. The average Bonchev–Trinajstić information content (AvgIpc) is 3.85. The Hall–Kier alpha value is -4.82. The molecule has 0 amide bonds. The molecule has 3 saturated heterocycles. The summed E-state index contributed by atoms with van der Waals surface area (Å²) in [7, 11) is 7.82. The maximum atomic E-state index is 12.7. The van der Waals surface area contributed by atoms with Crippen LogP contribution in [0.1, 0.15) is 18.1 Å². The van der Waals surface area contributed by atoms with E-state index >= 15 is 0 Å². The third kappa shape index (κ3) is 16.8. The van der Waals surface area contributed by atoms with Crippen molar-refractivity contribution in [1.29, 1.82) is 0 Å². The van der Waals surface area contributed by atoms with Crippen LogP contribution in [0.4, 0.5) is 20.2 Å². The molecular weight excluding hydrogens is 940 g/mol. The van der Waals surface area contributed by atoms with E-state index in [1.54, 1.807) is 30.3 Å². The van der Waals surface area contributed by atoms with Crippen molar-refractivity contribution in [2.45, 2.75) is 25.3 Å². The van der Waals surface area contributed by atoms with Gasteiger partial charge < -0.3 is 25.8 Å². The molecule has 3 aliphatic heterocycles. The maximum absolute atomic E-state index is 12.7. The quantitative estimate of drug-likeness (QED) is 0.0495. The predicted molar refractivity (Wildman–Crippen MR) is 272 cm³/mol. The monoisotopic (exact) mass is 999 g/mol. The number of nitrogens with zero attached hydrogens (tertiary/aromatic N) is 4. The molecule has 3 N–H and O–H groups in total. The SMILES string of the molecule is C=C/C=C/c1ccc(F)cc1.CC(/C=C/c1ccc(F)cc1)Nc1ccccc1.Nc1ccccc1.[CH2-]N1CCN2CCN3CCN([PH+](c4ccccc4)c4ccccc4)C3[CH-]C12.[Cl][Rh+2]. The van der Waals surface area contributed by atoms with Crippen LogP contribution in [0, 0.1) is 25.1 Å². The summed E-state index contributed by atoms with van der Waals surface area (Å²) in [6.45, 7) is 12.4. The van der Waals surface area contributed by atoms with Crippen LogP contribution in [0.5, 0.6) is 0 Å². The molecule has 340 valence electrons. The number of nitrogens with two attached hydrogens (primary N) is 1. The molecule has 3 unspecified atom stereocenters. The number of hydrogen-bond donors (Lipinski definition) is 2. The van der Waals surface area contributed by atoms with E-state index in [1.807, 2.05) is 96.2 Å². The van der Waals surface area contributed by atoms with Crippen LogP contribution in [0.3, 0.4) is 0 Å². The third-order valence-electron chi connectivity index (χ3n) is 10.9. The second-order valence-electron chi connectivity index (χ2n) is 15.4. The van der Waals surface area contributed by atoms with Gasteiger partial charge in [0.25, 0.3) is 0 Å². The van der Waals surface area contributed by atoms with E-state index < -0.39 is 8.07 Å². The van der Waals surface area contributed by atoms with Crippen molar-refractivity contribution in [2.24, 2.45) is 0 Å². The normalized spacial score (nSPS) is 17.7. The topological polar surface area (TPSA) is 51.0 Å². The van der Waals surface area contributed by atoms with E-state index in [0.717, 1.165) is 61.8 Å². The minimum atomic E-state index is -1.00. The van der Waals surface area contributed by atoms with Crippen LogP contribution >= 0.6 is 17.8 Å². The zero-order chi connectivity index (χ0) is 46.2. The van der Waals surface area contributed by atoms with Crippen LogP contribution in [0.25, 0.3) is 12.2 Å². The molecule has 0 aromatic heterocycles. The molecule has 0 saturated carbocycles. The van der Waals surface area contributed by atoms with Gasteiger partial charge in [-0.2, -0.15) is 4.67 Å². The molecule has 0 radical (unpaired) electrons. The van der Waals surface area contributed by atoms with Crippen LogP contribution in [-0.4, -0.2) is 77.0 Å². The summed E-state index contributed by atoms with van der Waals surface area (Å²) in [4.78, 5) is 7.51. The molecule has 6 nitrogen and oxygen atoms in total. The van der Waals surface area contributed by atoms with Crippen LogP contribution < -0.4 is 21.7 Å². The molecule has 3 atom stereocenters. The van der Waals surface area contributed by atoms with E-state index in [2.05, 4.69) is 128 Å². The molecule has 6 aromatic rings. The Bertz CT molecular complexity index is 2240. The Kier molecular flexibility index (Phi) is 22.3. The van der Waals surface area contributed by atoms with Crippen molar-refractivity contribution < 1.29 is 26.1 Å². The number of hydrogen-bond acceptors (Lipinski definition) is 6. The van der Waals surface area contributed by atoms with Crippen LogP contribution in [-0.2, 0) is 17.3 Å². The van der Waals surface area contributed by atoms with Crippen molar-refractivity contribution in [1.82, 2.24) is 19.4 Å². The van der Waals surface area contributed by atoms with Gasteiger partial charge in [0, 0.05) is 50.1 Å². The first kappa shape index (κ1) is 51.2. The number of fused-ring (bicyclic) bond motifs is 2. The van der Waals surface area contributed by atoms with Gasteiger partial charge >= 0.3 is 27.0 Å². The average molecular weight is 1000 g/mol. The molecule has 3 fully saturated rings. The molecule has 0 bridgehead atoms. The molecule has 11 heteroatoms. The van der Waals surface area contributed by atoms with E-state index in [1.165, 1.54) is 34.9 Å². The molecule has 3 aliphatic rings. The van der Waals surface area contributed by atoms with Gasteiger partial charge in [-0.05, 0) is 104 Å². The predicted octanol–water partition coefficient (Wildman–Crippen LogP) is 11.0. The van der Waals surface area contributed by atoms with Gasteiger partial charge in [0.1, 0.15) is 30.3 Å². The number of nitrogen functional groups attached to an aromatic ring is 1. The first-order valence-electron chi connectivity index (χ1n) is 21.6. The fourth-order valence-electron chi connectivity index (χ4n) is 7.63. The number of benzene rings is 6. The Morgan fingerprint density at radius 1 is 0.662 bits per heavy atom. The summed E-state index contributed by atoms with van der Waals surface area (Å²) in [5.74, 6) is -0.414. The molecule has 3 heterocycles. The molecule has 6 aromatic carbocycles. The van der Waals surface area contributed by atoms with Gasteiger partial charge in [-0.25, -0.2) is 8.78 Å². The van der Waals surface area contributed by atoms with E-state index in [0.29, 0.717) is 12.3 Å². The molecular formula is C54H60ClF2N6PRh+. The van der Waals surface area contributed by atoms with Crippen molar-refractivity contribution >= 4 is 51.9 Å². The van der Waals surface area contributed by atoms with Crippen molar-refractivity contribution in [3.05, 3.63) is 231 Å². The Morgan fingerprint density at radius 2 is 1.11 bits per heavy atom. The van der Waals surface area contributed by atoms with E-state index in [4.69, 9.17) is 5.73 Å². The number of rotatable bonds is 9. The molecule has 0 spiro atoms. The van der Waals surface area contributed by atoms with Gasteiger partial charge in [-0.15, -0.1) is 0 Å². The summed E-state index contributed by atoms with van der Waals surface area (Å²) in [5, 5.41) is 6.31. The Balaban J connectivity index is 0.000000179. The molecule has 0 aliphatic carbocycles. The van der Waals surface area contributed by atoms with Gasteiger partial charge in [-0.3, -0.25) is 13.5 Å². The number of nitrogens with one attached hydrogen (secondary N) is 1. The van der Waals surface area contributed by atoms with Crippen molar-refractivity contribution in [3.8, 4) is 0 Å². The van der Waals surface area contributed by atoms with Gasteiger partial charge in [0.05, 0.1) is 0 Å². The first-order valence-corrected chi connectivity index (χ1v) is 25.2. The molecule has 65 heavy (non-hydrogen) atoms. The van der Waals surface area contributed by atoms with Crippen LogP contribution in [0.2, 0.25) is 0 Å². The summed E-state index contributed by atoms with van der Waals surface area (Å²) < 4.78 is 27.9.